The highest BCUT2D eigenvalue weighted by Gasteiger charge is 2.30. The molecule has 2 aromatic rings. The predicted octanol–water partition coefficient (Wildman–Crippen LogP) is 6.62. The highest BCUT2D eigenvalue weighted by atomic mass is 35.5. The summed E-state index contributed by atoms with van der Waals surface area (Å²) >= 11 is 13.7. The molecule has 1 atom stereocenters. The highest BCUT2D eigenvalue weighted by molar-refractivity contribution is 7.99. The van der Waals surface area contributed by atoms with Crippen molar-refractivity contribution in [1.82, 2.24) is 10.2 Å². The molecule has 0 heterocycles. The third-order valence-corrected chi connectivity index (χ3v) is 7.66. The van der Waals surface area contributed by atoms with Gasteiger partial charge in [-0.3, -0.25) is 9.59 Å². The molecule has 3 rings (SSSR count). The summed E-state index contributed by atoms with van der Waals surface area (Å²) in [4.78, 5) is 28.2. The molecule has 2 amide bonds. The monoisotopic (exact) mass is 524 g/mol. The van der Waals surface area contributed by atoms with Gasteiger partial charge in [0.1, 0.15) is 11.9 Å². The number of benzene rings is 2. The Hall–Kier alpha value is -1.76. The first-order valence-corrected chi connectivity index (χ1v) is 13.6. The van der Waals surface area contributed by atoms with Crippen molar-refractivity contribution in [1.29, 1.82) is 0 Å². The lowest BCUT2D eigenvalue weighted by atomic mass is 9.95. The topological polar surface area (TPSA) is 49.4 Å². The van der Waals surface area contributed by atoms with E-state index in [0.717, 1.165) is 36.8 Å². The smallest absolute Gasteiger partial charge is 0.243 e. The number of carbonyl (C=O) groups excluding carboxylic acids is 2. The van der Waals surface area contributed by atoms with E-state index < -0.39 is 6.04 Å². The minimum absolute atomic E-state index is 0.115. The zero-order valence-corrected chi connectivity index (χ0v) is 21.7. The number of hydrogen-bond donors (Lipinski definition) is 1. The van der Waals surface area contributed by atoms with Gasteiger partial charge in [0.25, 0.3) is 0 Å². The highest BCUT2D eigenvalue weighted by Crippen LogP contribution is 2.25. The lowest BCUT2D eigenvalue weighted by Crippen LogP contribution is -2.52. The summed E-state index contributed by atoms with van der Waals surface area (Å²) in [6.45, 7) is 2.16. The van der Waals surface area contributed by atoms with Crippen molar-refractivity contribution in [2.45, 2.75) is 69.8 Å². The summed E-state index contributed by atoms with van der Waals surface area (Å²) < 4.78 is 13.4. The standard InChI is InChI=1S/C26H31Cl2FN2O2S/c1-2-24(26(33)30-22-6-4-3-5-7-22)31(15-18-8-12-21(29)13-9-18)25(32)17-34-16-19-10-11-20(27)14-23(19)28/h8-14,22,24H,2-7,15-17H2,1H3,(H,30,33)/t24-/m0/s1. The normalized spacial score (nSPS) is 15.1. The molecule has 1 N–H and O–H groups in total. The van der Waals surface area contributed by atoms with E-state index in [1.807, 2.05) is 13.0 Å². The lowest BCUT2D eigenvalue weighted by Gasteiger charge is -2.32. The van der Waals surface area contributed by atoms with Crippen LogP contribution in [0.3, 0.4) is 0 Å². The van der Waals surface area contributed by atoms with E-state index in [-0.39, 0.29) is 36.0 Å². The SMILES string of the molecule is CC[C@@H](C(=O)NC1CCCCC1)N(Cc1ccc(F)cc1)C(=O)CSCc1ccc(Cl)cc1Cl. The van der Waals surface area contributed by atoms with Crippen molar-refractivity contribution in [2.75, 3.05) is 5.75 Å². The molecule has 1 aliphatic rings. The van der Waals surface area contributed by atoms with Crippen LogP contribution in [-0.2, 0) is 21.9 Å². The maximum absolute atomic E-state index is 13.4. The van der Waals surface area contributed by atoms with Crippen LogP contribution < -0.4 is 5.32 Å². The largest absolute Gasteiger partial charge is 0.352 e. The molecule has 184 valence electrons. The number of amides is 2. The van der Waals surface area contributed by atoms with Crippen molar-refractivity contribution in [3.63, 3.8) is 0 Å². The van der Waals surface area contributed by atoms with Crippen molar-refractivity contribution in [3.05, 3.63) is 69.5 Å². The maximum atomic E-state index is 13.4. The van der Waals surface area contributed by atoms with Crippen LogP contribution in [0.2, 0.25) is 10.0 Å². The molecule has 4 nitrogen and oxygen atoms in total. The van der Waals surface area contributed by atoms with Crippen molar-refractivity contribution < 1.29 is 14.0 Å². The molecule has 8 heteroatoms. The van der Waals surface area contributed by atoms with Gasteiger partial charge in [-0.15, -0.1) is 11.8 Å². The number of thioether (sulfide) groups is 1. The van der Waals surface area contributed by atoms with E-state index >= 15 is 0 Å². The second-order valence-corrected chi connectivity index (χ2v) is 10.5. The van der Waals surface area contributed by atoms with Gasteiger partial charge in [-0.2, -0.15) is 0 Å². The van der Waals surface area contributed by atoms with Crippen LogP contribution in [0.5, 0.6) is 0 Å². The van der Waals surface area contributed by atoms with Crippen LogP contribution in [0.25, 0.3) is 0 Å². The number of hydrogen-bond acceptors (Lipinski definition) is 3. The predicted molar refractivity (Wildman–Crippen MR) is 139 cm³/mol. The Morgan fingerprint density at radius 2 is 1.82 bits per heavy atom. The Morgan fingerprint density at radius 1 is 1.12 bits per heavy atom. The number of nitrogens with one attached hydrogen (secondary N) is 1. The number of rotatable bonds is 10. The summed E-state index contributed by atoms with van der Waals surface area (Å²) in [5.41, 5.74) is 1.68. The molecule has 0 aromatic heterocycles. The van der Waals surface area contributed by atoms with Crippen molar-refractivity contribution in [3.8, 4) is 0 Å². The van der Waals surface area contributed by atoms with Gasteiger partial charge in [0.05, 0.1) is 5.75 Å². The van der Waals surface area contributed by atoms with E-state index in [0.29, 0.717) is 22.2 Å². The van der Waals surface area contributed by atoms with Gasteiger partial charge in [-0.1, -0.05) is 67.6 Å². The molecule has 0 aliphatic heterocycles. The molecular weight excluding hydrogens is 494 g/mol. The third-order valence-electron chi connectivity index (χ3n) is 6.10. The maximum Gasteiger partial charge on any atom is 0.243 e. The van der Waals surface area contributed by atoms with Crippen LogP contribution >= 0.6 is 35.0 Å². The Morgan fingerprint density at radius 3 is 2.47 bits per heavy atom. The summed E-state index contributed by atoms with van der Waals surface area (Å²) in [6.07, 6.45) is 5.89. The number of carbonyl (C=O) groups is 2. The van der Waals surface area contributed by atoms with E-state index in [9.17, 15) is 14.0 Å². The van der Waals surface area contributed by atoms with Gasteiger partial charge in [-0.05, 0) is 54.7 Å². The molecule has 0 spiro atoms. The Bertz CT molecular complexity index is 968. The zero-order valence-electron chi connectivity index (χ0n) is 19.4. The van der Waals surface area contributed by atoms with Crippen molar-refractivity contribution in [2.24, 2.45) is 0 Å². The minimum Gasteiger partial charge on any atom is -0.352 e. The molecule has 0 saturated heterocycles. The zero-order chi connectivity index (χ0) is 24.5. The molecule has 1 fully saturated rings. The van der Waals surface area contributed by atoms with Crippen LogP contribution in [0, 0.1) is 5.82 Å². The molecule has 34 heavy (non-hydrogen) atoms. The molecule has 0 unspecified atom stereocenters. The molecule has 1 aliphatic carbocycles. The molecule has 1 saturated carbocycles. The van der Waals surface area contributed by atoms with Crippen LogP contribution in [0.1, 0.15) is 56.6 Å². The second kappa shape index (κ2) is 13.4. The van der Waals surface area contributed by atoms with Gasteiger partial charge >= 0.3 is 0 Å². The first-order valence-electron chi connectivity index (χ1n) is 11.7. The van der Waals surface area contributed by atoms with Gasteiger partial charge in [-0.25, -0.2) is 4.39 Å². The van der Waals surface area contributed by atoms with Gasteiger partial charge < -0.3 is 10.2 Å². The molecular formula is C26H31Cl2FN2O2S. The minimum atomic E-state index is -0.584. The summed E-state index contributed by atoms with van der Waals surface area (Å²) in [6, 6.07) is 10.9. The first-order chi connectivity index (χ1) is 16.4. The Labute approximate surface area is 215 Å². The van der Waals surface area contributed by atoms with E-state index in [4.69, 9.17) is 23.2 Å². The summed E-state index contributed by atoms with van der Waals surface area (Å²) in [5, 5.41) is 4.29. The summed E-state index contributed by atoms with van der Waals surface area (Å²) in [7, 11) is 0. The van der Waals surface area contributed by atoms with Crippen LogP contribution in [0.4, 0.5) is 4.39 Å². The van der Waals surface area contributed by atoms with E-state index in [2.05, 4.69) is 5.32 Å². The van der Waals surface area contributed by atoms with Gasteiger partial charge in [0, 0.05) is 28.4 Å². The average Bonchev–Trinajstić information content (AvgIpc) is 2.82. The quantitative estimate of drug-likeness (QED) is 0.379. The number of nitrogens with zero attached hydrogens (tertiary/aromatic N) is 1. The molecule has 0 radical (unpaired) electrons. The fraction of sp³-hybridized carbons (Fsp3) is 0.462. The summed E-state index contributed by atoms with van der Waals surface area (Å²) in [5.74, 6) is 0.171. The molecule has 0 bridgehead atoms. The first kappa shape index (κ1) is 26.8. The molecule has 2 aromatic carbocycles. The second-order valence-electron chi connectivity index (χ2n) is 8.64. The third kappa shape index (κ3) is 7.89. The fourth-order valence-corrected chi connectivity index (χ4v) is 5.69. The van der Waals surface area contributed by atoms with Crippen molar-refractivity contribution >= 4 is 46.8 Å². The number of halogens is 3. The fourth-order valence-electron chi connectivity index (χ4n) is 4.22. The van der Waals surface area contributed by atoms with Gasteiger partial charge in [0.15, 0.2) is 0 Å². The van der Waals surface area contributed by atoms with E-state index in [1.54, 1.807) is 29.2 Å². The van der Waals surface area contributed by atoms with E-state index in [1.165, 1.54) is 30.3 Å². The lowest BCUT2D eigenvalue weighted by molar-refractivity contribution is -0.139. The average molecular weight is 526 g/mol. The van der Waals surface area contributed by atoms with Gasteiger partial charge in [0.2, 0.25) is 11.8 Å². The van der Waals surface area contributed by atoms with Crippen LogP contribution in [-0.4, -0.2) is 34.6 Å². The Balaban J connectivity index is 1.70. The van der Waals surface area contributed by atoms with Crippen LogP contribution in [0.15, 0.2) is 42.5 Å². The Kier molecular flexibility index (Phi) is 10.5.